The standard InChI is InChI=1S/C10H10FNO2/c1-12(2)10(14)9(13)7-5-3-4-6-8(7)11/h3-6H,1-2H3. The fourth-order valence-electron chi connectivity index (χ4n) is 0.964. The fraction of sp³-hybridized carbons (Fsp3) is 0.200. The van der Waals surface area contributed by atoms with Gasteiger partial charge in [0.25, 0.3) is 11.7 Å². The van der Waals surface area contributed by atoms with Crippen molar-refractivity contribution in [3.05, 3.63) is 35.6 Å². The maximum absolute atomic E-state index is 13.1. The smallest absolute Gasteiger partial charge is 0.294 e. The van der Waals surface area contributed by atoms with Gasteiger partial charge < -0.3 is 4.90 Å². The van der Waals surface area contributed by atoms with Crippen molar-refractivity contribution in [2.24, 2.45) is 0 Å². The Hall–Kier alpha value is -1.71. The third-order valence-corrected chi connectivity index (χ3v) is 1.72. The molecule has 0 spiro atoms. The molecule has 0 saturated heterocycles. The first-order valence-electron chi connectivity index (χ1n) is 4.04. The molecule has 0 unspecified atom stereocenters. The summed E-state index contributed by atoms with van der Waals surface area (Å²) in [6.45, 7) is 0. The second-order valence-electron chi connectivity index (χ2n) is 3.01. The van der Waals surface area contributed by atoms with Crippen LogP contribution in [0, 0.1) is 5.82 Å². The summed E-state index contributed by atoms with van der Waals surface area (Å²) in [4.78, 5) is 23.7. The number of likely N-dealkylation sites (N-methyl/N-ethyl adjacent to an activating group) is 1. The number of hydrogen-bond acceptors (Lipinski definition) is 2. The first-order valence-corrected chi connectivity index (χ1v) is 4.04. The lowest BCUT2D eigenvalue weighted by molar-refractivity contribution is -0.124. The molecule has 0 aliphatic rings. The van der Waals surface area contributed by atoms with Crippen molar-refractivity contribution in [2.75, 3.05) is 14.1 Å². The summed E-state index contributed by atoms with van der Waals surface area (Å²) in [5, 5.41) is 0. The number of ketones is 1. The van der Waals surface area contributed by atoms with E-state index in [9.17, 15) is 14.0 Å². The summed E-state index contributed by atoms with van der Waals surface area (Å²) >= 11 is 0. The fourth-order valence-corrected chi connectivity index (χ4v) is 0.964. The average molecular weight is 195 g/mol. The van der Waals surface area contributed by atoms with Crippen LogP contribution in [0.2, 0.25) is 0 Å². The van der Waals surface area contributed by atoms with Crippen molar-refractivity contribution in [3.63, 3.8) is 0 Å². The van der Waals surface area contributed by atoms with E-state index in [0.717, 1.165) is 11.0 Å². The van der Waals surface area contributed by atoms with E-state index in [1.54, 1.807) is 0 Å². The lowest BCUT2D eigenvalue weighted by Gasteiger charge is -2.08. The summed E-state index contributed by atoms with van der Waals surface area (Å²) in [7, 11) is 2.89. The molecule has 1 aromatic rings. The molecule has 0 fully saturated rings. The van der Waals surface area contributed by atoms with E-state index in [0.29, 0.717) is 0 Å². The Balaban J connectivity index is 3.02. The van der Waals surface area contributed by atoms with Crippen LogP contribution >= 0.6 is 0 Å². The Bertz CT molecular complexity index is 374. The molecule has 3 nitrogen and oxygen atoms in total. The van der Waals surface area contributed by atoms with Crippen LogP contribution in [0.1, 0.15) is 10.4 Å². The molecule has 0 N–H and O–H groups in total. The SMILES string of the molecule is CN(C)C(=O)C(=O)c1ccccc1F. The Morgan fingerprint density at radius 2 is 1.79 bits per heavy atom. The molecule has 0 aliphatic carbocycles. The molecule has 0 aliphatic heterocycles. The molecule has 0 radical (unpaired) electrons. The number of benzene rings is 1. The van der Waals surface area contributed by atoms with E-state index in [4.69, 9.17) is 0 Å². The van der Waals surface area contributed by atoms with Gasteiger partial charge in [-0.2, -0.15) is 0 Å². The van der Waals surface area contributed by atoms with Gasteiger partial charge in [-0.3, -0.25) is 9.59 Å². The van der Waals surface area contributed by atoms with E-state index in [2.05, 4.69) is 0 Å². The molecule has 0 bridgehead atoms. The molecule has 14 heavy (non-hydrogen) atoms. The molecule has 0 aromatic heterocycles. The monoisotopic (exact) mass is 195 g/mol. The van der Waals surface area contributed by atoms with E-state index in [1.807, 2.05) is 0 Å². The van der Waals surface area contributed by atoms with Crippen LogP contribution in [0.25, 0.3) is 0 Å². The Labute approximate surface area is 81.1 Å². The molecule has 0 atom stereocenters. The largest absolute Gasteiger partial charge is 0.342 e. The molecule has 4 heteroatoms. The minimum atomic E-state index is -0.826. The lowest BCUT2D eigenvalue weighted by atomic mass is 10.1. The molecule has 0 saturated carbocycles. The number of carbonyl (C=O) groups is 2. The quantitative estimate of drug-likeness (QED) is 0.523. The number of hydrogen-bond donors (Lipinski definition) is 0. The maximum atomic E-state index is 13.1. The number of rotatable bonds is 2. The number of halogens is 1. The van der Waals surface area contributed by atoms with Gasteiger partial charge in [0.2, 0.25) is 0 Å². The average Bonchev–Trinajstić information content (AvgIpc) is 2.16. The van der Waals surface area contributed by atoms with Gasteiger partial charge in [-0.1, -0.05) is 12.1 Å². The molecule has 1 rings (SSSR count). The number of nitrogens with zero attached hydrogens (tertiary/aromatic N) is 1. The Kier molecular flexibility index (Phi) is 2.96. The van der Waals surface area contributed by atoms with Gasteiger partial charge in [0.05, 0.1) is 5.56 Å². The summed E-state index contributed by atoms with van der Waals surface area (Å²) < 4.78 is 13.1. The zero-order valence-corrected chi connectivity index (χ0v) is 7.95. The van der Waals surface area contributed by atoms with Crippen molar-refractivity contribution < 1.29 is 14.0 Å². The normalized spacial score (nSPS) is 9.64. The van der Waals surface area contributed by atoms with Gasteiger partial charge in [0, 0.05) is 14.1 Å². The zero-order valence-electron chi connectivity index (χ0n) is 7.95. The minimum Gasteiger partial charge on any atom is -0.342 e. The summed E-state index contributed by atoms with van der Waals surface area (Å²) in [5.41, 5.74) is -0.189. The second kappa shape index (κ2) is 4.00. The molecule has 1 aromatic carbocycles. The van der Waals surface area contributed by atoms with E-state index < -0.39 is 17.5 Å². The highest BCUT2D eigenvalue weighted by atomic mass is 19.1. The maximum Gasteiger partial charge on any atom is 0.294 e. The molecule has 1 amide bonds. The van der Waals surface area contributed by atoms with Crippen LogP contribution in [0.4, 0.5) is 4.39 Å². The van der Waals surface area contributed by atoms with Crippen LogP contribution in [0.15, 0.2) is 24.3 Å². The minimum absolute atomic E-state index is 0.189. The third-order valence-electron chi connectivity index (χ3n) is 1.72. The van der Waals surface area contributed by atoms with Crippen LogP contribution < -0.4 is 0 Å². The van der Waals surface area contributed by atoms with Crippen molar-refractivity contribution >= 4 is 11.7 Å². The first kappa shape index (κ1) is 10.4. The van der Waals surface area contributed by atoms with Crippen molar-refractivity contribution in [1.82, 2.24) is 4.90 Å². The van der Waals surface area contributed by atoms with Crippen LogP contribution in [0.3, 0.4) is 0 Å². The molecule has 74 valence electrons. The van der Waals surface area contributed by atoms with E-state index >= 15 is 0 Å². The van der Waals surface area contributed by atoms with Gasteiger partial charge in [0.1, 0.15) is 5.82 Å². The molecular formula is C10H10FNO2. The van der Waals surface area contributed by atoms with E-state index in [-0.39, 0.29) is 5.56 Å². The number of Topliss-reactive ketones (excluding diaryl/α,β-unsaturated/α-hetero) is 1. The van der Waals surface area contributed by atoms with Gasteiger partial charge in [-0.05, 0) is 12.1 Å². The number of carbonyl (C=O) groups excluding carboxylic acids is 2. The zero-order chi connectivity index (χ0) is 10.7. The third kappa shape index (κ3) is 1.96. The molecular weight excluding hydrogens is 185 g/mol. The van der Waals surface area contributed by atoms with Gasteiger partial charge >= 0.3 is 0 Å². The number of amides is 1. The van der Waals surface area contributed by atoms with E-state index in [1.165, 1.54) is 32.3 Å². The van der Waals surface area contributed by atoms with Crippen molar-refractivity contribution in [2.45, 2.75) is 0 Å². The van der Waals surface area contributed by atoms with Gasteiger partial charge in [-0.15, -0.1) is 0 Å². The topological polar surface area (TPSA) is 37.4 Å². The second-order valence-corrected chi connectivity index (χ2v) is 3.01. The van der Waals surface area contributed by atoms with Crippen molar-refractivity contribution in [3.8, 4) is 0 Å². The Morgan fingerprint density at radius 3 is 2.29 bits per heavy atom. The highest BCUT2D eigenvalue weighted by Gasteiger charge is 2.20. The predicted molar refractivity (Wildman–Crippen MR) is 49.4 cm³/mol. The van der Waals surface area contributed by atoms with Crippen molar-refractivity contribution in [1.29, 1.82) is 0 Å². The molecule has 0 heterocycles. The lowest BCUT2D eigenvalue weighted by Crippen LogP contribution is -2.30. The van der Waals surface area contributed by atoms with Crippen LogP contribution in [-0.4, -0.2) is 30.7 Å². The summed E-state index contributed by atoms with van der Waals surface area (Å²) in [6, 6.07) is 5.42. The predicted octanol–water partition coefficient (Wildman–Crippen LogP) is 1.10. The first-order chi connectivity index (χ1) is 6.54. The summed E-state index contributed by atoms with van der Waals surface area (Å²) in [5.74, 6) is -2.23. The van der Waals surface area contributed by atoms with Crippen LogP contribution in [0.5, 0.6) is 0 Å². The summed E-state index contributed by atoms with van der Waals surface area (Å²) in [6.07, 6.45) is 0. The van der Waals surface area contributed by atoms with Gasteiger partial charge in [-0.25, -0.2) is 4.39 Å². The van der Waals surface area contributed by atoms with Crippen LogP contribution in [-0.2, 0) is 4.79 Å². The highest BCUT2D eigenvalue weighted by molar-refractivity contribution is 6.42. The van der Waals surface area contributed by atoms with Gasteiger partial charge in [0.15, 0.2) is 0 Å². The highest BCUT2D eigenvalue weighted by Crippen LogP contribution is 2.07. The Morgan fingerprint density at radius 1 is 1.21 bits per heavy atom.